The summed E-state index contributed by atoms with van der Waals surface area (Å²) in [5, 5.41) is 3.52. The van der Waals surface area contributed by atoms with Crippen LogP contribution >= 0.6 is 15.9 Å². The molecule has 0 fully saturated rings. The first kappa shape index (κ1) is 9.97. The van der Waals surface area contributed by atoms with Crippen LogP contribution in [0.5, 0.6) is 0 Å². The number of rotatable bonds is 1. The van der Waals surface area contributed by atoms with Crippen molar-refractivity contribution < 1.29 is 4.42 Å². The minimum atomic E-state index is 0.277. The van der Waals surface area contributed by atoms with E-state index in [4.69, 9.17) is 4.42 Å². The number of anilines is 1. The molecule has 0 spiro atoms. The molecule has 1 aromatic carbocycles. The van der Waals surface area contributed by atoms with E-state index in [0.29, 0.717) is 0 Å². The number of aryl methyl sites for hydroxylation is 1. The first-order chi connectivity index (χ1) is 7.84. The summed E-state index contributed by atoms with van der Waals surface area (Å²) in [6, 6.07) is 10.7. The van der Waals surface area contributed by atoms with Crippen molar-refractivity contribution in [3.8, 4) is 0 Å². The summed E-state index contributed by atoms with van der Waals surface area (Å²) < 4.78 is 6.56. The van der Waals surface area contributed by atoms with Gasteiger partial charge in [-0.2, -0.15) is 0 Å². The van der Waals surface area contributed by atoms with Crippen LogP contribution in [-0.4, -0.2) is 0 Å². The van der Waals surface area contributed by atoms with Crippen LogP contribution in [0.2, 0.25) is 0 Å². The molecule has 1 aliphatic rings. The van der Waals surface area contributed by atoms with Gasteiger partial charge in [0.25, 0.3) is 0 Å². The van der Waals surface area contributed by atoms with Crippen LogP contribution in [0, 0.1) is 0 Å². The predicted octanol–water partition coefficient (Wildman–Crippen LogP) is 4.14. The van der Waals surface area contributed by atoms with E-state index in [1.54, 1.807) is 6.26 Å². The van der Waals surface area contributed by atoms with E-state index in [1.807, 2.05) is 6.07 Å². The number of furan rings is 1. The molecule has 2 nitrogen and oxygen atoms in total. The van der Waals surface area contributed by atoms with Crippen molar-refractivity contribution in [3.63, 3.8) is 0 Å². The molecule has 1 aromatic heterocycles. The fourth-order valence-electron chi connectivity index (χ4n) is 2.19. The lowest BCUT2D eigenvalue weighted by Gasteiger charge is -2.25. The molecule has 3 heteroatoms. The lowest BCUT2D eigenvalue weighted by molar-refractivity contribution is 0.459. The molecule has 1 atom stereocenters. The topological polar surface area (TPSA) is 25.2 Å². The zero-order valence-corrected chi connectivity index (χ0v) is 10.3. The van der Waals surface area contributed by atoms with Crippen molar-refractivity contribution in [2.24, 2.45) is 0 Å². The van der Waals surface area contributed by atoms with Crippen molar-refractivity contribution >= 4 is 21.6 Å². The average molecular weight is 278 g/mol. The number of para-hydroxylation sites is 1. The van der Waals surface area contributed by atoms with E-state index in [2.05, 4.69) is 45.5 Å². The van der Waals surface area contributed by atoms with Crippen LogP contribution in [0.3, 0.4) is 0 Å². The Morgan fingerprint density at radius 1 is 1.25 bits per heavy atom. The zero-order chi connectivity index (χ0) is 11.0. The van der Waals surface area contributed by atoms with E-state index in [-0.39, 0.29) is 6.04 Å². The zero-order valence-electron chi connectivity index (χ0n) is 8.74. The number of halogens is 1. The Kier molecular flexibility index (Phi) is 2.48. The lowest BCUT2D eigenvalue weighted by Crippen LogP contribution is -2.17. The lowest BCUT2D eigenvalue weighted by atomic mass is 9.97. The van der Waals surface area contributed by atoms with Gasteiger partial charge in [-0.3, -0.25) is 0 Å². The normalized spacial score (nSPS) is 18.9. The van der Waals surface area contributed by atoms with Gasteiger partial charge in [0.2, 0.25) is 0 Å². The largest absolute Gasteiger partial charge is 0.466 e. The molecule has 1 unspecified atom stereocenters. The van der Waals surface area contributed by atoms with E-state index < -0.39 is 0 Å². The Balaban J connectivity index is 1.91. The molecular weight excluding hydrogens is 266 g/mol. The molecule has 1 N–H and O–H groups in total. The van der Waals surface area contributed by atoms with Gasteiger partial charge in [-0.25, -0.2) is 0 Å². The van der Waals surface area contributed by atoms with Crippen molar-refractivity contribution in [3.05, 3.63) is 52.4 Å². The van der Waals surface area contributed by atoms with Gasteiger partial charge < -0.3 is 9.73 Å². The Morgan fingerprint density at radius 3 is 2.94 bits per heavy atom. The van der Waals surface area contributed by atoms with Gasteiger partial charge >= 0.3 is 0 Å². The van der Waals surface area contributed by atoms with Crippen LogP contribution in [0.4, 0.5) is 5.69 Å². The standard InChI is InChI=1S/C13H12BrNO/c14-10-7-8-16-13(10)12-6-5-9-3-1-2-4-11(9)15-12/h1-4,7-8,12,15H,5-6H2. The van der Waals surface area contributed by atoms with E-state index in [1.165, 1.54) is 11.3 Å². The molecule has 2 heterocycles. The van der Waals surface area contributed by atoms with Gasteiger partial charge in [0.15, 0.2) is 0 Å². The quantitative estimate of drug-likeness (QED) is 0.848. The van der Waals surface area contributed by atoms with E-state index >= 15 is 0 Å². The van der Waals surface area contributed by atoms with Crippen LogP contribution in [0.25, 0.3) is 0 Å². The van der Waals surface area contributed by atoms with Gasteiger partial charge in [-0.1, -0.05) is 18.2 Å². The molecule has 0 saturated carbocycles. The van der Waals surface area contributed by atoms with Gasteiger partial charge in [-0.05, 0) is 46.5 Å². The summed E-state index contributed by atoms with van der Waals surface area (Å²) in [4.78, 5) is 0. The van der Waals surface area contributed by atoms with Gasteiger partial charge in [0.05, 0.1) is 16.8 Å². The Morgan fingerprint density at radius 2 is 2.12 bits per heavy atom. The Bertz CT molecular complexity index is 506. The Labute approximate surface area is 103 Å². The molecule has 0 bridgehead atoms. The van der Waals surface area contributed by atoms with Crippen LogP contribution in [0.15, 0.2) is 45.5 Å². The summed E-state index contributed by atoms with van der Waals surface area (Å²) >= 11 is 3.51. The van der Waals surface area contributed by atoms with Crippen molar-refractivity contribution in [1.82, 2.24) is 0 Å². The summed E-state index contributed by atoms with van der Waals surface area (Å²) in [5.74, 6) is 0.995. The predicted molar refractivity (Wildman–Crippen MR) is 67.5 cm³/mol. The van der Waals surface area contributed by atoms with Crippen LogP contribution in [0.1, 0.15) is 23.8 Å². The summed E-state index contributed by atoms with van der Waals surface area (Å²) in [6.07, 6.45) is 3.89. The minimum Gasteiger partial charge on any atom is -0.466 e. The second-order valence-corrected chi connectivity index (χ2v) is 4.88. The summed E-state index contributed by atoms with van der Waals surface area (Å²) in [5.41, 5.74) is 2.61. The van der Waals surface area contributed by atoms with E-state index in [0.717, 1.165) is 23.1 Å². The molecule has 0 amide bonds. The third kappa shape index (κ3) is 1.65. The number of fused-ring (bicyclic) bond motifs is 1. The average Bonchev–Trinajstić information content (AvgIpc) is 2.75. The molecule has 1 aliphatic heterocycles. The molecule has 82 valence electrons. The van der Waals surface area contributed by atoms with Gasteiger partial charge in [-0.15, -0.1) is 0 Å². The summed E-state index contributed by atoms with van der Waals surface area (Å²) in [6.45, 7) is 0. The number of nitrogens with one attached hydrogen (secondary N) is 1. The molecule has 16 heavy (non-hydrogen) atoms. The third-order valence-electron chi connectivity index (χ3n) is 3.01. The highest BCUT2D eigenvalue weighted by molar-refractivity contribution is 9.10. The van der Waals surface area contributed by atoms with Crippen molar-refractivity contribution in [2.45, 2.75) is 18.9 Å². The maximum atomic E-state index is 5.51. The molecular formula is C13H12BrNO. The fraction of sp³-hybridized carbons (Fsp3) is 0.231. The van der Waals surface area contributed by atoms with Crippen LogP contribution < -0.4 is 5.32 Å². The number of hydrogen-bond acceptors (Lipinski definition) is 2. The fourth-order valence-corrected chi connectivity index (χ4v) is 2.67. The first-order valence-corrected chi connectivity index (χ1v) is 6.21. The maximum Gasteiger partial charge on any atom is 0.140 e. The first-order valence-electron chi connectivity index (χ1n) is 5.42. The van der Waals surface area contributed by atoms with Gasteiger partial charge in [0.1, 0.15) is 5.76 Å². The maximum absolute atomic E-state index is 5.51. The number of hydrogen-bond donors (Lipinski definition) is 1. The van der Waals surface area contributed by atoms with Crippen LogP contribution in [-0.2, 0) is 6.42 Å². The smallest absolute Gasteiger partial charge is 0.140 e. The molecule has 0 aliphatic carbocycles. The van der Waals surface area contributed by atoms with Crippen molar-refractivity contribution in [2.75, 3.05) is 5.32 Å². The third-order valence-corrected chi connectivity index (χ3v) is 3.67. The second kappa shape index (κ2) is 3.98. The molecule has 0 radical (unpaired) electrons. The second-order valence-electron chi connectivity index (χ2n) is 4.03. The Hall–Kier alpha value is -1.22. The summed E-state index contributed by atoms with van der Waals surface area (Å²) in [7, 11) is 0. The minimum absolute atomic E-state index is 0.277. The highest BCUT2D eigenvalue weighted by atomic mass is 79.9. The van der Waals surface area contributed by atoms with Crippen molar-refractivity contribution in [1.29, 1.82) is 0 Å². The SMILES string of the molecule is Brc1ccoc1C1CCc2ccccc2N1. The van der Waals surface area contributed by atoms with Gasteiger partial charge in [0, 0.05) is 5.69 Å². The monoisotopic (exact) mass is 277 g/mol. The highest BCUT2D eigenvalue weighted by Crippen LogP contribution is 2.35. The molecule has 2 aromatic rings. The number of benzene rings is 1. The molecule has 3 rings (SSSR count). The molecule has 0 saturated heterocycles. The van der Waals surface area contributed by atoms with E-state index in [9.17, 15) is 0 Å². The highest BCUT2D eigenvalue weighted by Gasteiger charge is 2.22.